The summed E-state index contributed by atoms with van der Waals surface area (Å²) in [6.07, 6.45) is 0. The zero-order valence-corrected chi connectivity index (χ0v) is 16.4. The molecule has 8 heteroatoms. The summed E-state index contributed by atoms with van der Waals surface area (Å²) in [4.78, 5) is 38.8. The standard InChI is InChI=1S/C22H19N3O5/c1-12-6-7-14(10-13(12)2)24-21(27)16-5-3-4-15-19(16)17(22(24)28)11-18(25(29)30)20(15)23-8-9-26/h3-7,10-11,23,26H,8-9H2,1-2H3. The van der Waals surface area contributed by atoms with E-state index in [-0.39, 0.29) is 30.1 Å². The van der Waals surface area contributed by atoms with Gasteiger partial charge in [-0.15, -0.1) is 0 Å². The van der Waals surface area contributed by atoms with Gasteiger partial charge in [-0.3, -0.25) is 19.7 Å². The highest BCUT2D eigenvalue weighted by molar-refractivity contribution is 6.37. The van der Waals surface area contributed by atoms with Crippen LogP contribution >= 0.6 is 0 Å². The summed E-state index contributed by atoms with van der Waals surface area (Å²) in [5.41, 5.74) is 2.64. The molecule has 0 radical (unpaired) electrons. The Morgan fingerprint density at radius 2 is 1.77 bits per heavy atom. The molecule has 0 unspecified atom stereocenters. The van der Waals surface area contributed by atoms with E-state index in [1.165, 1.54) is 6.07 Å². The molecular formula is C22H19N3O5. The summed E-state index contributed by atoms with van der Waals surface area (Å²) < 4.78 is 0. The van der Waals surface area contributed by atoms with Gasteiger partial charge in [-0.1, -0.05) is 18.2 Å². The molecule has 152 valence electrons. The van der Waals surface area contributed by atoms with Gasteiger partial charge in [0, 0.05) is 28.9 Å². The Morgan fingerprint density at radius 1 is 1.03 bits per heavy atom. The monoisotopic (exact) mass is 405 g/mol. The molecule has 3 aromatic carbocycles. The molecule has 0 spiro atoms. The number of rotatable bonds is 5. The first kappa shape index (κ1) is 19.5. The topological polar surface area (TPSA) is 113 Å². The molecule has 1 aliphatic rings. The van der Waals surface area contributed by atoms with Crippen molar-refractivity contribution >= 4 is 39.6 Å². The van der Waals surface area contributed by atoms with Crippen molar-refractivity contribution in [3.63, 3.8) is 0 Å². The van der Waals surface area contributed by atoms with Crippen molar-refractivity contribution in [2.24, 2.45) is 0 Å². The van der Waals surface area contributed by atoms with Crippen LogP contribution in [0, 0.1) is 24.0 Å². The molecule has 3 aromatic rings. The van der Waals surface area contributed by atoms with Gasteiger partial charge >= 0.3 is 0 Å². The lowest BCUT2D eigenvalue weighted by Gasteiger charge is -2.28. The number of nitrogens with one attached hydrogen (secondary N) is 1. The highest BCUT2D eigenvalue weighted by atomic mass is 16.6. The van der Waals surface area contributed by atoms with E-state index in [4.69, 9.17) is 5.11 Å². The van der Waals surface area contributed by atoms with Crippen molar-refractivity contribution in [3.8, 4) is 0 Å². The predicted molar refractivity (Wildman–Crippen MR) is 113 cm³/mol. The molecule has 2 N–H and O–H groups in total. The molecule has 1 heterocycles. The van der Waals surface area contributed by atoms with Gasteiger partial charge < -0.3 is 10.4 Å². The second kappa shape index (κ2) is 7.23. The first-order valence-corrected chi connectivity index (χ1v) is 9.40. The molecule has 8 nitrogen and oxygen atoms in total. The minimum atomic E-state index is -0.608. The lowest BCUT2D eigenvalue weighted by atomic mass is 9.91. The number of imide groups is 1. The average molecular weight is 405 g/mol. The van der Waals surface area contributed by atoms with Crippen LogP contribution in [-0.4, -0.2) is 35.0 Å². The Hall–Kier alpha value is -3.78. The summed E-state index contributed by atoms with van der Waals surface area (Å²) in [6, 6.07) is 11.3. The van der Waals surface area contributed by atoms with Crippen LogP contribution in [0.15, 0.2) is 42.5 Å². The molecule has 0 aromatic heterocycles. The lowest BCUT2D eigenvalue weighted by molar-refractivity contribution is -0.383. The van der Waals surface area contributed by atoms with Gasteiger partial charge in [-0.05, 0) is 43.2 Å². The van der Waals surface area contributed by atoms with Crippen LogP contribution in [0.25, 0.3) is 10.8 Å². The largest absolute Gasteiger partial charge is 0.395 e. The summed E-state index contributed by atoms with van der Waals surface area (Å²) >= 11 is 0. The highest BCUT2D eigenvalue weighted by Crippen LogP contribution is 2.41. The molecule has 0 fully saturated rings. The third-order valence-corrected chi connectivity index (χ3v) is 5.37. The normalized spacial score (nSPS) is 13.1. The molecule has 0 atom stereocenters. The number of nitrogens with zero attached hydrogens (tertiary/aromatic N) is 2. The van der Waals surface area contributed by atoms with Crippen molar-refractivity contribution in [2.45, 2.75) is 13.8 Å². The van der Waals surface area contributed by atoms with Crippen LogP contribution in [0.1, 0.15) is 31.8 Å². The van der Waals surface area contributed by atoms with Gasteiger partial charge in [0.15, 0.2) is 0 Å². The summed E-state index contributed by atoms with van der Waals surface area (Å²) in [6.45, 7) is 3.68. The number of benzene rings is 3. The van der Waals surface area contributed by atoms with Crippen molar-refractivity contribution in [3.05, 3.63) is 74.8 Å². The van der Waals surface area contributed by atoms with E-state index < -0.39 is 16.7 Å². The number of aliphatic hydroxyl groups is 1. The Labute approximate surface area is 171 Å². The number of anilines is 2. The van der Waals surface area contributed by atoms with Gasteiger partial charge in [0.2, 0.25) is 0 Å². The molecule has 30 heavy (non-hydrogen) atoms. The zero-order valence-electron chi connectivity index (χ0n) is 16.4. The lowest BCUT2D eigenvalue weighted by Crippen LogP contribution is -2.40. The van der Waals surface area contributed by atoms with Crippen molar-refractivity contribution in [1.29, 1.82) is 0 Å². The molecular weight excluding hydrogens is 386 g/mol. The fraction of sp³-hybridized carbons (Fsp3) is 0.182. The molecule has 0 saturated carbocycles. The highest BCUT2D eigenvalue weighted by Gasteiger charge is 2.37. The molecule has 1 aliphatic heterocycles. The van der Waals surface area contributed by atoms with Crippen LogP contribution in [0.4, 0.5) is 17.1 Å². The van der Waals surface area contributed by atoms with Gasteiger partial charge in [0.25, 0.3) is 17.5 Å². The van der Waals surface area contributed by atoms with E-state index >= 15 is 0 Å². The zero-order chi connectivity index (χ0) is 21.6. The van der Waals surface area contributed by atoms with E-state index in [9.17, 15) is 19.7 Å². The fourth-order valence-corrected chi connectivity index (χ4v) is 3.76. The van der Waals surface area contributed by atoms with Crippen LogP contribution in [0.2, 0.25) is 0 Å². The van der Waals surface area contributed by atoms with E-state index in [1.54, 1.807) is 30.3 Å². The predicted octanol–water partition coefficient (Wildman–Crippen LogP) is 3.57. The first-order chi connectivity index (χ1) is 14.3. The van der Waals surface area contributed by atoms with Gasteiger partial charge in [0.1, 0.15) is 5.69 Å². The van der Waals surface area contributed by atoms with Gasteiger partial charge in [-0.2, -0.15) is 0 Å². The summed E-state index contributed by atoms with van der Waals surface area (Å²) in [5.74, 6) is -1.09. The number of hydrogen-bond acceptors (Lipinski definition) is 6. The maximum absolute atomic E-state index is 13.3. The second-order valence-electron chi connectivity index (χ2n) is 7.17. The maximum Gasteiger partial charge on any atom is 0.293 e. The SMILES string of the molecule is Cc1ccc(N2C(=O)c3cccc4c(NCCO)c([N+](=O)[O-])cc(c34)C2=O)cc1C. The Kier molecular flexibility index (Phi) is 4.71. The number of aryl methyl sites for hydroxylation is 2. The van der Waals surface area contributed by atoms with Gasteiger partial charge in [0.05, 0.1) is 22.8 Å². The first-order valence-electron chi connectivity index (χ1n) is 9.40. The molecule has 0 saturated heterocycles. The molecule has 2 amide bonds. The van der Waals surface area contributed by atoms with Crippen molar-refractivity contribution in [1.82, 2.24) is 0 Å². The number of hydrogen-bond donors (Lipinski definition) is 2. The summed E-state index contributed by atoms with van der Waals surface area (Å²) in [7, 11) is 0. The Morgan fingerprint density at radius 3 is 2.43 bits per heavy atom. The Balaban J connectivity index is 1.99. The average Bonchev–Trinajstić information content (AvgIpc) is 2.72. The molecule has 4 rings (SSSR count). The van der Waals surface area contributed by atoms with Crippen LogP contribution in [-0.2, 0) is 0 Å². The van der Waals surface area contributed by atoms with Crippen LogP contribution < -0.4 is 10.2 Å². The smallest absolute Gasteiger partial charge is 0.293 e. The number of aliphatic hydroxyl groups excluding tert-OH is 1. The third kappa shape index (κ3) is 2.89. The number of amides is 2. The molecule has 0 bridgehead atoms. The van der Waals surface area contributed by atoms with Crippen LogP contribution in [0.5, 0.6) is 0 Å². The Bertz CT molecular complexity index is 1240. The van der Waals surface area contributed by atoms with E-state index in [2.05, 4.69) is 5.32 Å². The minimum absolute atomic E-state index is 0.0934. The third-order valence-electron chi connectivity index (χ3n) is 5.37. The molecule has 0 aliphatic carbocycles. The minimum Gasteiger partial charge on any atom is -0.395 e. The second-order valence-corrected chi connectivity index (χ2v) is 7.17. The van der Waals surface area contributed by atoms with Crippen molar-refractivity contribution in [2.75, 3.05) is 23.4 Å². The van der Waals surface area contributed by atoms with Gasteiger partial charge in [-0.25, -0.2) is 4.90 Å². The number of nitro groups is 1. The van der Waals surface area contributed by atoms with Crippen LogP contribution in [0.3, 0.4) is 0 Å². The van der Waals surface area contributed by atoms with E-state index in [0.717, 1.165) is 16.0 Å². The number of carbonyl (C=O) groups is 2. The number of nitro benzene ring substituents is 1. The maximum atomic E-state index is 13.3. The van der Waals surface area contributed by atoms with E-state index in [0.29, 0.717) is 22.0 Å². The quantitative estimate of drug-likeness (QED) is 0.381. The van der Waals surface area contributed by atoms with E-state index in [1.807, 2.05) is 19.9 Å². The summed E-state index contributed by atoms with van der Waals surface area (Å²) in [5, 5.41) is 24.5. The fourth-order valence-electron chi connectivity index (χ4n) is 3.76. The van der Waals surface area contributed by atoms with Crippen molar-refractivity contribution < 1.29 is 19.6 Å². The number of carbonyl (C=O) groups excluding carboxylic acids is 2.